The van der Waals surface area contributed by atoms with E-state index in [1.165, 1.54) is 7.11 Å². The van der Waals surface area contributed by atoms with Crippen LogP contribution in [0.25, 0.3) is 0 Å². The van der Waals surface area contributed by atoms with Crippen molar-refractivity contribution in [1.29, 1.82) is 0 Å². The molecular formula is C7H13BFO5P. The average Bonchev–Trinajstić information content (AvgIpc) is 2.38. The second-order valence-electron chi connectivity index (χ2n) is 3.38. The summed E-state index contributed by atoms with van der Waals surface area (Å²) in [4.78, 5) is 8.88. The minimum absolute atomic E-state index is 0.225. The van der Waals surface area contributed by atoms with Crippen LogP contribution in [-0.2, 0) is 18.6 Å². The topological polar surface area (TPSA) is 65.0 Å². The lowest BCUT2D eigenvalue weighted by atomic mass is 9.94. The smallest absolute Gasteiger partial charge is 0.325 e. The minimum Gasteiger partial charge on any atom is -0.376 e. The van der Waals surface area contributed by atoms with Gasteiger partial charge in [0.25, 0.3) is 0 Å². The number of hydrogen-bond donors (Lipinski definition) is 1. The van der Waals surface area contributed by atoms with Crippen LogP contribution in [0, 0.1) is 0 Å². The van der Waals surface area contributed by atoms with Crippen molar-refractivity contribution in [2.24, 2.45) is 0 Å². The number of ether oxygens (including phenoxy) is 2. The van der Waals surface area contributed by atoms with E-state index in [-0.39, 0.29) is 6.61 Å². The van der Waals surface area contributed by atoms with Gasteiger partial charge in [-0.15, -0.1) is 0 Å². The van der Waals surface area contributed by atoms with Gasteiger partial charge < -0.3 is 18.9 Å². The fourth-order valence-corrected chi connectivity index (χ4v) is 1.80. The first-order chi connectivity index (χ1) is 6.85. The lowest BCUT2D eigenvalue weighted by molar-refractivity contribution is -0.0209. The Balaban J connectivity index is 2.52. The van der Waals surface area contributed by atoms with Gasteiger partial charge in [-0.05, 0) is 0 Å². The van der Waals surface area contributed by atoms with Crippen LogP contribution in [0.4, 0.5) is 4.39 Å². The van der Waals surface area contributed by atoms with Gasteiger partial charge in [0.2, 0.25) is 0 Å². The Morgan fingerprint density at radius 1 is 1.67 bits per heavy atom. The molecule has 1 fully saturated rings. The summed E-state index contributed by atoms with van der Waals surface area (Å²) in [6.45, 7) is 0.813. The van der Waals surface area contributed by atoms with E-state index in [1.54, 1.807) is 0 Å². The van der Waals surface area contributed by atoms with Gasteiger partial charge in [-0.3, -0.25) is 4.57 Å². The van der Waals surface area contributed by atoms with Crippen LogP contribution >= 0.6 is 7.60 Å². The van der Waals surface area contributed by atoms with Crippen molar-refractivity contribution in [3.8, 4) is 0 Å². The summed E-state index contributed by atoms with van der Waals surface area (Å²) >= 11 is 0. The van der Waals surface area contributed by atoms with Crippen molar-refractivity contribution in [2.45, 2.75) is 24.4 Å². The molecule has 1 aliphatic heterocycles. The Hall–Kier alpha value is 0.0649. The van der Waals surface area contributed by atoms with Crippen LogP contribution in [0.5, 0.6) is 0 Å². The van der Waals surface area contributed by atoms with Gasteiger partial charge in [0.15, 0.2) is 0 Å². The van der Waals surface area contributed by atoms with Crippen molar-refractivity contribution in [3.05, 3.63) is 0 Å². The third kappa shape index (κ3) is 3.54. The third-order valence-electron chi connectivity index (χ3n) is 2.08. The highest BCUT2D eigenvalue weighted by atomic mass is 31.2. The maximum atomic E-state index is 13.3. The summed E-state index contributed by atoms with van der Waals surface area (Å²) in [5, 5.41) is 0. The monoisotopic (exact) mass is 238 g/mol. The van der Waals surface area contributed by atoms with Gasteiger partial charge in [-0.25, -0.2) is 4.39 Å². The quantitative estimate of drug-likeness (QED) is 0.554. The van der Waals surface area contributed by atoms with Crippen molar-refractivity contribution >= 4 is 15.4 Å². The average molecular weight is 238 g/mol. The van der Waals surface area contributed by atoms with Gasteiger partial charge in [-0.2, -0.15) is 0 Å². The lowest BCUT2D eigenvalue weighted by Crippen LogP contribution is -2.33. The largest absolute Gasteiger partial charge is 0.376 e. The van der Waals surface area contributed by atoms with E-state index in [4.69, 9.17) is 22.2 Å². The first-order valence-corrected chi connectivity index (χ1v) is 6.40. The highest BCUT2D eigenvalue weighted by Gasteiger charge is 2.43. The molecule has 15 heavy (non-hydrogen) atoms. The Morgan fingerprint density at radius 2 is 2.27 bits per heavy atom. The highest BCUT2D eigenvalue weighted by molar-refractivity contribution is 7.51. The third-order valence-corrected chi connectivity index (χ3v) is 2.70. The van der Waals surface area contributed by atoms with Gasteiger partial charge in [0.1, 0.15) is 26.2 Å². The van der Waals surface area contributed by atoms with Crippen LogP contribution in [0.2, 0.25) is 0 Å². The molecule has 0 aliphatic carbocycles. The zero-order valence-electron chi connectivity index (χ0n) is 8.50. The molecule has 1 saturated heterocycles. The Morgan fingerprint density at radius 3 is 2.73 bits per heavy atom. The maximum Gasteiger partial charge on any atom is 0.325 e. The van der Waals surface area contributed by atoms with Crippen LogP contribution in [0.3, 0.4) is 0 Å². The molecule has 0 aromatic rings. The first-order valence-electron chi connectivity index (χ1n) is 4.38. The molecule has 8 heteroatoms. The molecule has 0 aromatic heterocycles. The zero-order chi connectivity index (χ0) is 11.6. The molecule has 1 rings (SSSR count). The number of methoxy groups -OCH3 is 1. The second kappa shape index (κ2) is 4.93. The summed E-state index contributed by atoms with van der Waals surface area (Å²) in [6.07, 6.45) is -3.09. The van der Waals surface area contributed by atoms with Gasteiger partial charge in [-0.1, -0.05) is 0 Å². The van der Waals surface area contributed by atoms with Gasteiger partial charge >= 0.3 is 7.60 Å². The molecule has 2 radical (unpaired) electrons. The molecule has 0 saturated carbocycles. The summed E-state index contributed by atoms with van der Waals surface area (Å²) < 4.78 is 38.6. The van der Waals surface area contributed by atoms with E-state index >= 15 is 0 Å². The predicted molar refractivity (Wildman–Crippen MR) is 51.8 cm³/mol. The normalized spacial score (nSPS) is 40.3. The molecule has 0 spiro atoms. The van der Waals surface area contributed by atoms with Crippen molar-refractivity contribution in [3.63, 3.8) is 0 Å². The summed E-state index contributed by atoms with van der Waals surface area (Å²) in [5.41, 5.74) is 0. The second-order valence-corrected chi connectivity index (χ2v) is 5.25. The van der Waals surface area contributed by atoms with E-state index in [1.807, 2.05) is 0 Å². The number of halogens is 1. The summed E-state index contributed by atoms with van der Waals surface area (Å²) in [7, 11) is 3.03. The van der Waals surface area contributed by atoms with E-state index in [0.29, 0.717) is 0 Å². The molecule has 86 valence electrons. The molecule has 0 aromatic carbocycles. The van der Waals surface area contributed by atoms with Crippen LogP contribution in [0.1, 0.15) is 0 Å². The van der Waals surface area contributed by atoms with Crippen molar-refractivity contribution in [1.82, 2.24) is 0 Å². The first kappa shape index (κ1) is 13.1. The summed E-state index contributed by atoms with van der Waals surface area (Å²) in [6, 6.07) is -1.08. The van der Waals surface area contributed by atoms with Crippen LogP contribution in [0.15, 0.2) is 0 Å². The lowest BCUT2D eigenvalue weighted by Gasteiger charge is -2.18. The fraction of sp³-hybridized carbons (Fsp3) is 1.00. The zero-order valence-corrected chi connectivity index (χ0v) is 9.39. The minimum atomic E-state index is -3.59. The molecule has 1 aliphatic rings. The Bertz CT molecular complexity index is 260. The maximum absolute atomic E-state index is 13.3. The molecule has 5 unspecified atom stereocenters. The SMILES string of the molecule is [B]C1OC(COP(C)(=O)O)C(OC)C1F. The van der Waals surface area contributed by atoms with Crippen LogP contribution in [-0.4, -0.2) is 57.5 Å². The highest BCUT2D eigenvalue weighted by Crippen LogP contribution is 2.38. The van der Waals surface area contributed by atoms with Crippen LogP contribution < -0.4 is 0 Å². The number of hydrogen-bond acceptors (Lipinski definition) is 4. The van der Waals surface area contributed by atoms with E-state index in [0.717, 1.165) is 6.66 Å². The fourth-order valence-electron chi connectivity index (χ4n) is 1.37. The molecular weight excluding hydrogens is 225 g/mol. The molecule has 5 nitrogen and oxygen atoms in total. The molecule has 0 bridgehead atoms. The molecule has 1 heterocycles. The van der Waals surface area contributed by atoms with Gasteiger partial charge in [0.05, 0.1) is 12.6 Å². The van der Waals surface area contributed by atoms with Crippen molar-refractivity contribution < 1.29 is 27.8 Å². The van der Waals surface area contributed by atoms with E-state index in [2.05, 4.69) is 4.52 Å². The Kier molecular flexibility index (Phi) is 4.32. The molecule has 5 atom stereocenters. The van der Waals surface area contributed by atoms with E-state index < -0.39 is 32.0 Å². The number of alkyl halides is 1. The standard InChI is InChI=1S/C7H13BFO5P/c1-12-6-4(3-13-15(2,10)11)14-7(8)5(6)9/h4-7H,3H2,1-2H3,(H,10,11). The van der Waals surface area contributed by atoms with Crippen molar-refractivity contribution in [2.75, 3.05) is 20.4 Å². The predicted octanol–water partition coefficient (Wildman–Crippen LogP) is 0.0647. The Labute approximate surface area is 88.8 Å². The summed E-state index contributed by atoms with van der Waals surface area (Å²) in [5.74, 6) is 0. The van der Waals surface area contributed by atoms with E-state index in [9.17, 15) is 8.96 Å². The van der Waals surface area contributed by atoms with Gasteiger partial charge in [0, 0.05) is 13.8 Å². The molecule has 0 amide bonds. The number of rotatable bonds is 4. The molecule has 1 N–H and O–H groups in total.